The third-order valence-electron chi connectivity index (χ3n) is 4.69. The molecule has 1 aromatic heterocycles. The van der Waals surface area contributed by atoms with Gasteiger partial charge in [0.05, 0.1) is 12.5 Å². The van der Waals surface area contributed by atoms with Crippen LogP contribution in [0.5, 0.6) is 0 Å². The number of rotatable bonds is 3. The first-order valence-electron chi connectivity index (χ1n) is 7.18. The van der Waals surface area contributed by atoms with Crippen molar-refractivity contribution in [3.63, 3.8) is 0 Å². The summed E-state index contributed by atoms with van der Waals surface area (Å²) in [5.74, 6) is 0. The summed E-state index contributed by atoms with van der Waals surface area (Å²) in [6.07, 6.45) is -0.850. The number of hydrogen-bond acceptors (Lipinski definition) is 2. The second-order valence-electron chi connectivity index (χ2n) is 7.31. The summed E-state index contributed by atoms with van der Waals surface area (Å²) >= 11 is 0. The third-order valence-corrected chi connectivity index (χ3v) is 9.22. The van der Waals surface area contributed by atoms with Crippen molar-refractivity contribution in [2.45, 2.75) is 70.1 Å². The molecule has 0 aliphatic heterocycles. The fraction of sp³-hybridized carbons (Fsp3) is 0.786. The Hall–Kier alpha value is -0.823. The van der Waals surface area contributed by atoms with Gasteiger partial charge in [0.2, 0.25) is 0 Å². The van der Waals surface area contributed by atoms with E-state index in [-0.39, 0.29) is 17.2 Å². The van der Waals surface area contributed by atoms with Gasteiger partial charge in [0.1, 0.15) is 5.69 Å². The second-order valence-corrected chi connectivity index (χ2v) is 12.1. The Morgan fingerprint density at radius 1 is 1.24 bits per heavy atom. The van der Waals surface area contributed by atoms with Crippen LogP contribution in [-0.4, -0.2) is 24.0 Å². The zero-order chi connectivity index (χ0) is 16.1. The maximum Gasteiger partial charge on any atom is 0.433 e. The second kappa shape index (κ2) is 5.12. The van der Waals surface area contributed by atoms with E-state index in [0.717, 1.165) is 6.20 Å². The van der Waals surface area contributed by atoms with Gasteiger partial charge in [-0.3, -0.25) is 0 Å². The van der Waals surface area contributed by atoms with E-state index in [1.807, 2.05) is 0 Å². The number of halogens is 3. The predicted octanol–water partition coefficient (Wildman–Crippen LogP) is 4.63. The molecule has 0 unspecified atom stereocenters. The lowest BCUT2D eigenvalue weighted by molar-refractivity contribution is -0.145. The smallest absolute Gasteiger partial charge is 0.414 e. The molecule has 0 bridgehead atoms. The van der Waals surface area contributed by atoms with Gasteiger partial charge in [-0.2, -0.15) is 13.2 Å². The van der Waals surface area contributed by atoms with Crippen LogP contribution in [0.25, 0.3) is 0 Å². The summed E-state index contributed by atoms with van der Waals surface area (Å²) in [6.45, 7) is 10.8. The lowest BCUT2D eigenvalue weighted by Gasteiger charge is -2.45. The molecule has 0 amide bonds. The monoisotopic (exact) mass is 320 g/mol. The zero-order valence-electron chi connectivity index (χ0n) is 13.2. The molecule has 21 heavy (non-hydrogen) atoms. The van der Waals surface area contributed by atoms with Gasteiger partial charge in [0.15, 0.2) is 8.32 Å². The van der Waals surface area contributed by atoms with Crippen molar-refractivity contribution in [1.82, 2.24) is 9.55 Å². The van der Waals surface area contributed by atoms with Crippen molar-refractivity contribution < 1.29 is 17.6 Å². The quantitative estimate of drug-likeness (QED) is 0.759. The SMILES string of the molecule is CC(C)(C)[Si](C)(C)OC1CC(n2cncc2C(F)(F)F)C1. The standard InChI is InChI=1S/C14H23F3N2OSi/c1-13(2,3)21(4,5)20-11-6-10(7-11)19-9-18-8-12(19)14(15,16)17/h8-11H,6-7H2,1-5H3. The Bertz CT molecular complexity index is 499. The van der Waals surface area contributed by atoms with Crippen LogP contribution < -0.4 is 0 Å². The first kappa shape index (κ1) is 16.5. The molecule has 1 aromatic rings. The lowest BCUT2D eigenvalue weighted by atomic mass is 9.89. The first-order valence-corrected chi connectivity index (χ1v) is 10.1. The normalized spacial score (nSPS) is 24.0. The Morgan fingerprint density at radius 3 is 2.29 bits per heavy atom. The highest BCUT2D eigenvalue weighted by molar-refractivity contribution is 6.74. The van der Waals surface area contributed by atoms with Gasteiger partial charge in [0, 0.05) is 12.1 Å². The lowest BCUT2D eigenvalue weighted by Crippen LogP contribution is -2.48. The highest BCUT2D eigenvalue weighted by atomic mass is 28.4. The van der Waals surface area contributed by atoms with Gasteiger partial charge >= 0.3 is 6.18 Å². The topological polar surface area (TPSA) is 27.1 Å². The van der Waals surface area contributed by atoms with Crippen molar-refractivity contribution >= 4 is 8.32 Å². The van der Waals surface area contributed by atoms with E-state index < -0.39 is 20.2 Å². The molecule has 1 fully saturated rings. The number of nitrogens with zero attached hydrogens (tertiary/aromatic N) is 2. The average Bonchev–Trinajstić information content (AvgIpc) is 2.68. The van der Waals surface area contributed by atoms with Gasteiger partial charge in [-0.05, 0) is 31.0 Å². The number of aromatic nitrogens is 2. The van der Waals surface area contributed by atoms with Crippen LogP contribution in [0.1, 0.15) is 45.3 Å². The Kier molecular flexibility index (Phi) is 4.03. The Balaban J connectivity index is 1.98. The largest absolute Gasteiger partial charge is 0.433 e. The van der Waals surface area contributed by atoms with Crippen molar-refractivity contribution in [2.24, 2.45) is 0 Å². The molecule has 0 saturated heterocycles. The Morgan fingerprint density at radius 2 is 1.81 bits per heavy atom. The van der Waals surface area contributed by atoms with Crippen LogP contribution in [0.15, 0.2) is 12.5 Å². The molecule has 0 aromatic carbocycles. The summed E-state index contributed by atoms with van der Waals surface area (Å²) in [5.41, 5.74) is -0.668. The summed E-state index contributed by atoms with van der Waals surface area (Å²) in [7, 11) is -1.85. The fourth-order valence-electron chi connectivity index (χ4n) is 2.27. The highest BCUT2D eigenvalue weighted by Gasteiger charge is 2.44. The Labute approximate surface area is 124 Å². The molecule has 3 nitrogen and oxygen atoms in total. The number of alkyl halides is 3. The molecule has 1 saturated carbocycles. The minimum absolute atomic E-state index is 0.0689. The van der Waals surface area contributed by atoms with Gasteiger partial charge in [-0.15, -0.1) is 0 Å². The zero-order valence-corrected chi connectivity index (χ0v) is 14.2. The highest BCUT2D eigenvalue weighted by Crippen LogP contribution is 2.44. The van der Waals surface area contributed by atoms with E-state index >= 15 is 0 Å². The number of imidazole rings is 1. The van der Waals surface area contributed by atoms with Crippen molar-refractivity contribution in [1.29, 1.82) is 0 Å². The fourth-order valence-corrected chi connectivity index (χ4v) is 3.65. The molecule has 2 rings (SSSR count). The van der Waals surface area contributed by atoms with E-state index in [2.05, 4.69) is 38.8 Å². The van der Waals surface area contributed by atoms with Crippen molar-refractivity contribution in [2.75, 3.05) is 0 Å². The van der Waals surface area contributed by atoms with Crippen molar-refractivity contribution in [3.8, 4) is 0 Å². The molecule has 1 aliphatic carbocycles. The molecule has 0 spiro atoms. The van der Waals surface area contributed by atoms with Crippen LogP contribution in [0.2, 0.25) is 18.1 Å². The minimum Gasteiger partial charge on any atom is -0.414 e. The van der Waals surface area contributed by atoms with E-state index in [9.17, 15) is 13.2 Å². The van der Waals surface area contributed by atoms with E-state index in [1.54, 1.807) is 0 Å². The minimum atomic E-state index is -4.35. The van der Waals surface area contributed by atoms with Crippen LogP contribution in [-0.2, 0) is 10.6 Å². The average molecular weight is 320 g/mol. The van der Waals surface area contributed by atoms with Gasteiger partial charge < -0.3 is 8.99 Å². The summed E-state index contributed by atoms with van der Waals surface area (Å²) < 4.78 is 46.0. The van der Waals surface area contributed by atoms with E-state index in [1.165, 1.54) is 10.9 Å². The first-order chi connectivity index (χ1) is 9.42. The van der Waals surface area contributed by atoms with Crippen LogP contribution in [0.3, 0.4) is 0 Å². The van der Waals surface area contributed by atoms with Crippen LogP contribution in [0.4, 0.5) is 13.2 Å². The van der Waals surface area contributed by atoms with Crippen molar-refractivity contribution in [3.05, 3.63) is 18.2 Å². The van der Waals surface area contributed by atoms with E-state index in [4.69, 9.17) is 4.43 Å². The van der Waals surface area contributed by atoms with E-state index in [0.29, 0.717) is 12.8 Å². The van der Waals surface area contributed by atoms with Crippen LogP contribution in [0, 0.1) is 0 Å². The molecule has 0 atom stereocenters. The van der Waals surface area contributed by atoms with Crippen LogP contribution >= 0.6 is 0 Å². The summed E-state index contributed by atoms with van der Waals surface area (Å²) in [4.78, 5) is 3.64. The van der Waals surface area contributed by atoms with Gasteiger partial charge in [0.25, 0.3) is 0 Å². The molecule has 1 aliphatic rings. The maximum absolute atomic E-state index is 12.8. The molecule has 0 N–H and O–H groups in total. The molecule has 1 heterocycles. The maximum atomic E-state index is 12.8. The van der Waals surface area contributed by atoms with Gasteiger partial charge in [-0.25, -0.2) is 4.98 Å². The van der Waals surface area contributed by atoms with Gasteiger partial charge in [-0.1, -0.05) is 20.8 Å². The molecular formula is C14H23F3N2OSi. The molecule has 0 radical (unpaired) electrons. The summed E-state index contributed by atoms with van der Waals surface area (Å²) in [6, 6.07) is -0.154. The molecule has 7 heteroatoms. The molecular weight excluding hydrogens is 297 g/mol. The number of hydrogen-bond donors (Lipinski definition) is 0. The third kappa shape index (κ3) is 3.34. The predicted molar refractivity (Wildman–Crippen MR) is 77.6 cm³/mol. The molecule has 120 valence electrons. The summed E-state index contributed by atoms with van der Waals surface area (Å²) in [5, 5.41) is 0.115.